The first kappa shape index (κ1) is 7.03. The first-order valence-corrected chi connectivity index (χ1v) is 3.72. The molecule has 1 aliphatic rings. The lowest BCUT2D eigenvalue weighted by Crippen LogP contribution is -2.30. The molecule has 2 nitrogen and oxygen atoms in total. The maximum absolute atomic E-state index is 8.81. The Labute approximate surface area is 56.3 Å². The lowest BCUT2D eigenvalue weighted by molar-refractivity contribution is 0.225. The fourth-order valence-electron chi connectivity index (χ4n) is 1.52. The summed E-state index contributed by atoms with van der Waals surface area (Å²) in [4.78, 5) is 0. The van der Waals surface area contributed by atoms with E-state index >= 15 is 0 Å². The number of rotatable bonds is 2. The first-order valence-electron chi connectivity index (χ1n) is 3.72. The Morgan fingerprint density at radius 1 is 1.67 bits per heavy atom. The molecule has 0 aromatic heterocycles. The fraction of sp³-hybridized carbons (Fsp3) is 1.00. The molecule has 2 unspecified atom stereocenters. The Balaban J connectivity index is 2.32. The predicted molar refractivity (Wildman–Crippen MR) is 37.3 cm³/mol. The van der Waals surface area contributed by atoms with Crippen molar-refractivity contribution in [1.29, 1.82) is 0 Å². The van der Waals surface area contributed by atoms with Gasteiger partial charge in [0.2, 0.25) is 0 Å². The lowest BCUT2D eigenvalue weighted by Gasteiger charge is -2.13. The number of aliphatic hydroxyl groups excluding tert-OH is 1. The monoisotopic (exact) mass is 129 g/mol. The maximum Gasteiger partial charge on any atom is 0.0587 e. The van der Waals surface area contributed by atoms with Crippen molar-refractivity contribution in [2.75, 3.05) is 13.2 Å². The zero-order chi connectivity index (χ0) is 6.69. The average Bonchev–Trinajstić information content (AvgIpc) is 2.33. The third kappa shape index (κ3) is 1.43. The largest absolute Gasteiger partial charge is 0.395 e. The Bertz CT molecular complexity index is 75.0. The van der Waals surface area contributed by atoms with Crippen molar-refractivity contribution in [3.63, 3.8) is 0 Å². The Morgan fingerprint density at radius 2 is 2.44 bits per heavy atom. The maximum atomic E-state index is 8.81. The third-order valence-corrected chi connectivity index (χ3v) is 2.21. The molecule has 0 aliphatic carbocycles. The number of hydrogen-bond acceptors (Lipinski definition) is 2. The summed E-state index contributed by atoms with van der Waals surface area (Å²) < 4.78 is 0. The van der Waals surface area contributed by atoms with E-state index in [4.69, 9.17) is 5.11 Å². The van der Waals surface area contributed by atoms with E-state index in [2.05, 4.69) is 12.2 Å². The molecule has 0 aromatic carbocycles. The highest BCUT2D eigenvalue weighted by molar-refractivity contribution is 4.81. The van der Waals surface area contributed by atoms with Crippen LogP contribution < -0.4 is 5.32 Å². The van der Waals surface area contributed by atoms with E-state index < -0.39 is 0 Å². The van der Waals surface area contributed by atoms with Crippen LogP contribution in [-0.4, -0.2) is 24.3 Å². The fourth-order valence-corrected chi connectivity index (χ4v) is 1.52. The smallest absolute Gasteiger partial charge is 0.0587 e. The SMILES string of the molecule is CCC1CCNC1CO. The molecule has 1 saturated heterocycles. The van der Waals surface area contributed by atoms with Crippen LogP contribution in [0.15, 0.2) is 0 Å². The van der Waals surface area contributed by atoms with Crippen molar-refractivity contribution in [3.8, 4) is 0 Å². The van der Waals surface area contributed by atoms with Crippen LogP contribution in [0.1, 0.15) is 19.8 Å². The highest BCUT2D eigenvalue weighted by atomic mass is 16.3. The highest BCUT2D eigenvalue weighted by Crippen LogP contribution is 2.17. The Hall–Kier alpha value is -0.0800. The number of nitrogens with one attached hydrogen (secondary N) is 1. The van der Waals surface area contributed by atoms with E-state index in [0.29, 0.717) is 12.6 Å². The van der Waals surface area contributed by atoms with Gasteiger partial charge in [-0.05, 0) is 18.9 Å². The molecule has 2 N–H and O–H groups in total. The van der Waals surface area contributed by atoms with Crippen LogP contribution in [0, 0.1) is 5.92 Å². The topological polar surface area (TPSA) is 32.3 Å². The molecule has 1 aliphatic heterocycles. The van der Waals surface area contributed by atoms with Gasteiger partial charge < -0.3 is 10.4 Å². The quantitative estimate of drug-likeness (QED) is 0.564. The molecule has 1 heterocycles. The Kier molecular flexibility index (Phi) is 2.49. The van der Waals surface area contributed by atoms with Gasteiger partial charge in [0.05, 0.1) is 6.61 Å². The van der Waals surface area contributed by atoms with E-state index in [0.717, 1.165) is 12.5 Å². The van der Waals surface area contributed by atoms with Crippen LogP contribution in [0.3, 0.4) is 0 Å². The molecule has 1 rings (SSSR count). The summed E-state index contributed by atoms with van der Waals surface area (Å²) in [5, 5.41) is 12.1. The van der Waals surface area contributed by atoms with Crippen LogP contribution in [0.2, 0.25) is 0 Å². The lowest BCUT2D eigenvalue weighted by atomic mass is 9.99. The molecule has 0 aromatic rings. The predicted octanol–water partition coefficient (Wildman–Crippen LogP) is 0.367. The molecule has 9 heavy (non-hydrogen) atoms. The van der Waals surface area contributed by atoms with Gasteiger partial charge in [-0.2, -0.15) is 0 Å². The van der Waals surface area contributed by atoms with Crippen molar-refractivity contribution >= 4 is 0 Å². The molecule has 2 heteroatoms. The molecule has 0 radical (unpaired) electrons. The van der Waals surface area contributed by atoms with Gasteiger partial charge in [0.1, 0.15) is 0 Å². The first-order chi connectivity index (χ1) is 4.38. The van der Waals surface area contributed by atoms with E-state index in [1.165, 1.54) is 12.8 Å². The van der Waals surface area contributed by atoms with Gasteiger partial charge in [-0.15, -0.1) is 0 Å². The van der Waals surface area contributed by atoms with Crippen molar-refractivity contribution < 1.29 is 5.11 Å². The summed E-state index contributed by atoms with van der Waals surface area (Å²) >= 11 is 0. The van der Waals surface area contributed by atoms with Crippen molar-refractivity contribution in [1.82, 2.24) is 5.32 Å². The molecule has 0 spiro atoms. The second-order valence-corrected chi connectivity index (χ2v) is 2.70. The Morgan fingerprint density at radius 3 is 2.89 bits per heavy atom. The van der Waals surface area contributed by atoms with Crippen molar-refractivity contribution in [2.24, 2.45) is 5.92 Å². The summed E-state index contributed by atoms with van der Waals surface area (Å²) in [5.74, 6) is 0.718. The molecule has 1 fully saturated rings. The van der Waals surface area contributed by atoms with Crippen LogP contribution in [0.4, 0.5) is 0 Å². The second kappa shape index (κ2) is 3.18. The normalized spacial score (nSPS) is 35.3. The van der Waals surface area contributed by atoms with E-state index in [1.54, 1.807) is 0 Å². The van der Waals surface area contributed by atoms with Gasteiger partial charge >= 0.3 is 0 Å². The van der Waals surface area contributed by atoms with Crippen molar-refractivity contribution in [3.05, 3.63) is 0 Å². The summed E-state index contributed by atoms with van der Waals surface area (Å²) in [5.41, 5.74) is 0. The summed E-state index contributed by atoms with van der Waals surface area (Å²) in [7, 11) is 0. The van der Waals surface area contributed by atoms with Crippen LogP contribution >= 0.6 is 0 Å². The minimum atomic E-state index is 0.304. The summed E-state index contributed by atoms with van der Waals surface area (Å²) in [6.07, 6.45) is 2.43. The van der Waals surface area contributed by atoms with Gasteiger partial charge in [0.25, 0.3) is 0 Å². The van der Waals surface area contributed by atoms with Gasteiger partial charge in [-0.3, -0.25) is 0 Å². The van der Waals surface area contributed by atoms with Crippen molar-refractivity contribution in [2.45, 2.75) is 25.8 Å². The van der Waals surface area contributed by atoms with Gasteiger partial charge in [0.15, 0.2) is 0 Å². The molecule has 54 valence electrons. The molecular weight excluding hydrogens is 114 g/mol. The minimum absolute atomic E-state index is 0.304. The zero-order valence-electron chi connectivity index (χ0n) is 5.93. The van der Waals surface area contributed by atoms with Gasteiger partial charge in [-0.25, -0.2) is 0 Å². The molecule has 0 bridgehead atoms. The second-order valence-electron chi connectivity index (χ2n) is 2.70. The van der Waals surface area contributed by atoms with E-state index in [-0.39, 0.29) is 0 Å². The van der Waals surface area contributed by atoms with Crippen LogP contribution in [0.25, 0.3) is 0 Å². The minimum Gasteiger partial charge on any atom is -0.395 e. The molecule has 0 saturated carbocycles. The zero-order valence-corrected chi connectivity index (χ0v) is 5.93. The van der Waals surface area contributed by atoms with E-state index in [1.807, 2.05) is 0 Å². The van der Waals surface area contributed by atoms with Gasteiger partial charge in [-0.1, -0.05) is 13.3 Å². The summed E-state index contributed by atoms with van der Waals surface area (Å²) in [6, 6.07) is 0.384. The van der Waals surface area contributed by atoms with Crippen LogP contribution in [0.5, 0.6) is 0 Å². The molecular formula is C7H15NO. The van der Waals surface area contributed by atoms with E-state index in [9.17, 15) is 0 Å². The summed E-state index contributed by atoms with van der Waals surface area (Å²) in [6.45, 7) is 3.57. The highest BCUT2D eigenvalue weighted by Gasteiger charge is 2.23. The van der Waals surface area contributed by atoms with Crippen LogP contribution in [-0.2, 0) is 0 Å². The molecule has 2 atom stereocenters. The third-order valence-electron chi connectivity index (χ3n) is 2.21. The van der Waals surface area contributed by atoms with Gasteiger partial charge in [0, 0.05) is 6.04 Å². The number of hydrogen-bond donors (Lipinski definition) is 2. The number of aliphatic hydroxyl groups is 1. The average molecular weight is 129 g/mol. The standard InChI is InChI=1S/C7H15NO/c1-2-6-3-4-8-7(6)5-9/h6-9H,2-5H2,1H3. The molecule has 0 amide bonds.